The van der Waals surface area contributed by atoms with E-state index in [2.05, 4.69) is 15.1 Å². The van der Waals surface area contributed by atoms with Crippen molar-refractivity contribution in [2.45, 2.75) is 53.4 Å². The Labute approximate surface area is 238 Å². The molecule has 0 spiro atoms. The molecule has 1 aromatic heterocycles. The molecule has 214 valence electrons. The number of hydrogen-bond acceptors (Lipinski definition) is 7. The number of hydrogen-bond donors (Lipinski definition) is 1. The number of carbonyl (C=O) groups is 2. The number of carbonyl (C=O) groups excluding carboxylic acids is 1. The average Bonchev–Trinajstić information content (AvgIpc) is 3.41. The highest BCUT2D eigenvalue weighted by Crippen LogP contribution is 2.35. The van der Waals surface area contributed by atoms with Gasteiger partial charge >= 0.3 is 5.97 Å². The molecule has 1 fully saturated rings. The fourth-order valence-electron chi connectivity index (χ4n) is 4.88. The van der Waals surface area contributed by atoms with Crippen LogP contribution in [0, 0.1) is 25.1 Å². The lowest BCUT2D eigenvalue weighted by atomic mass is 9.80. The van der Waals surface area contributed by atoms with Crippen LogP contribution in [0.25, 0.3) is 10.6 Å². The third-order valence-corrected chi connectivity index (χ3v) is 8.56. The summed E-state index contributed by atoms with van der Waals surface area (Å²) in [5.74, 6) is -0.880. The molecule has 4 rings (SSSR count). The van der Waals surface area contributed by atoms with E-state index in [0.29, 0.717) is 36.1 Å². The fourth-order valence-corrected chi connectivity index (χ4v) is 5.74. The monoisotopic (exact) mass is 568 g/mol. The first-order valence-corrected chi connectivity index (χ1v) is 14.5. The number of carboxylic acids is 1. The molecule has 0 unspecified atom stereocenters. The van der Waals surface area contributed by atoms with Gasteiger partial charge in [-0.05, 0) is 88.5 Å². The van der Waals surface area contributed by atoms with E-state index >= 15 is 0 Å². The van der Waals surface area contributed by atoms with Crippen LogP contribution < -0.4 is 9.64 Å². The van der Waals surface area contributed by atoms with Crippen LogP contribution in [0.4, 0.5) is 9.52 Å². The van der Waals surface area contributed by atoms with Crippen molar-refractivity contribution in [3.05, 3.63) is 58.9 Å². The Morgan fingerprint density at radius 2 is 1.82 bits per heavy atom. The van der Waals surface area contributed by atoms with Crippen LogP contribution in [0.15, 0.2) is 36.4 Å². The van der Waals surface area contributed by atoms with Gasteiger partial charge in [-0.25, -0.2) is 4.39 Å². The number of anilines is 1. The van der Waals surface area contributed by atoms with Crippen molar-refractivity contribution in [2.24, 2.45) is 5.41 Å². The van der Waals surface area contributed by atoms with Gasteiger partial charge in [0.1, 0.15) is 23.2 Å². The maximum atomic E-state index is 14.4. The lowest BCUT2D eigenvalue weighted by Crippen LogP contribution is -2.43. The van der Waals surface area contributed by atoms with Crippen LogP contribution in [0.3, 0.4) is 0 Å². The molecule has 10 heteroatoms. The largest absolute Gasteiger partial charge is 0.492 e. The molecule has 2 aromatic carbocycles. The summed E-state index contributed by atoms with van der Waals surface area (Å²) in [6, 6.07) is 9.99. The molecule has 0 bridgehead atoms. The summed E-state index contributed by atoms with van der Waals surface area (Å²) in [6.45, 7) is 11.0. The van der Waals surface area contributed by atoms with Crippen molar-refractivity contribution in [3.8, 4) is 16.3 Å². The summed E-state index contributed by atoms with van der Waals surface area (Å²) < 4.78 is 20.5. The summed E-state index contributed by atoms with van der Waals surface area (Å²) in [5.41, 5.74) is 2.19. The number of amides is 1. The number of halogens is 1. The molecule has 40 heavy (non-hydrogen) atoms. The summed E-state index contributed by atoms with van der Waals surface area (Å²) in [7, 11) is 0. The number of ether oxygens (including phenoxy) is 1. The number of nitrogens with zero attached hydrogens (tertiary/aromatic N) is 4. The van der Waals surface area contributed by atoms with E-state index in [9.17, 15) is 19.1 Å². The Morgan fingerprint density at radius 1 is 1.15 bits per heavy atom. The van der Waals surface area contributed by atoms with Crippen molar-refractivity contribution in [2.75, 3.05) is 37.7 Å². The van der Waals surface area contributed by atoms with Gasteiger partial charge in [0.2, 0.25) is 5.13 Å². The van der Waals surface area contributed by atoms with Crippen LogP contribution in [0.5, 0.6) is 5.75 Å². The summed E-state index contributed by atoms with van der Waals surface area (Å²) in [6.07, 6.45) is 2.92. The van der Waals surface area contributed by atoms with Gasteiger partial charge in [0.25, 0.3) is 5.91 Å². The normalized spacial score (nSPS) is 15.1. The number of rotatable bonds is 11. The predicted octanol–water partition coefficient (Wildman–Crippen LogP) is 5.97. The van der Waals surface area contributed by atoms with Crippen LogP contribution in [-0.2, 0) is 4.79 Å². The number of likely N-dealkylation sites (tertiary alicyclic amines) is 1. The molecule has 3 aromatic rings. The standard InChI is InChI=1S/C30H37FN4O4S/c1-5-6-13-35(27(36)23-9-7-8-10-24(23)31)29-33-32-26(40-29)22-18-20(2)25(21(3)19-22)39-17-16-34-14-11-30(4,12-15-34)28(37)38/h7-10,18-19H,5-6,11-17H2,1-4H3,(H,37,38). The highest BCUT2D eigenvalue weighted by Gasteiger charge is 2.36. The fraction of sp³-hybridized carbons (Fsp3) is 0.467. The molecular weight excluding hydrogens is 531 g/mol. The topological polar surface area (TPSA) is 95.9 Å². The van der Waals surface area contributed by atoms with Gasteiger partial charge in [-0.1, -0.05) is 36.8 Å². The molecule has 0 aliphatic carbocycles. The molecule has 1 amide bonds. The van der Waals surface area contributed by atoms with Crippen molar-refractivity contribution in [1.29, 1.82) is 0 Å². The molecule has 1 aliphatic rings. The summed E-state index contributed by atoms with van der Waals surface area (Å²) >= 11 is 1.31. The van der Waals surface area contributed by atoms with Gasteiger partial charge in [-0.2, -0.15) is 0 Å². The smallest absolute Gasteiger partial charge is 0.309 e. The van der Waals surface area contributed by atoms with E-state index in [4.69, 9.17) is 4.74 Å². The van der Waals surface area contributed by atoms with Crippen molar-refractivity contribution < 1.29 is 23.8 Å². The van der Waals surface area contributed by atoms with Gasteiger partial charge in [0.05, 0.1) is 11.0 Å². The first-order valence-electron chi connectivity index (χ1n) is 13.7. The zero-order valence-corrected chi connectivity index (χ0v) is 24.4. The molecule has 8 nitrogen and oxygen atoms in total. The molecule has 1 aliphatic heterocycles. The lowest BCUT2D eigenvalue weighted by Gasteiger charge is -2.36. The number of aromatic nitrogens is 2. The minimum absolute atomic E-state index is 0.0176. The van der Waals surface area contributed by atoms with E-state index in [1.54, 1.807) is 12.1 Å². The molecule has 1 N–H and O–H groups in total. The molecule has 1 saturated heterocycles. The van der Waals surface area contributed by atoms with Crippen LogP contribution in [0.1, 0.15) is 61.0 Å². The number of aryl methyl sites for hydroxylation is 2. The second-order valence-electron chi connectivity index (χ2n) is 10.7. The summed E-state index contributed by atoms with van der Waals surface area (Å²) in [4.78, 5) is 28.5. The van der Waals surface area contributed by atoms with Gasteiger partial charge in [0.15, 0.2) is 0 Å². The second-order valence-corrected chi connectivity index (χ2v) is 11.6. The van der Waals surface area contributed by atoms with Gasteiger partial charge in [-0.3, -0.25) is 19.4 Å². The SMILES string of the molecule is CCCCN(C(=O)c1ccccc1F)c1nnc(-c2cc(C)c(OCCN3CCC(C)(C(=O)O)CC3)c(C)c2)s1. The summed E-state index contributed by atoms with van der Waals surface area (Å²) in [5, 5.41) is 19.2. The van der Waals surface area contributed by atoms with Crippen LogP contribution >= 0.6 is 11.3 Å². The quantitative estimate of drug-likeness (QED) is 0.304. The van der Waals surface area contributed by atoms with E-state index in [0.717, 1.165) is 54.9 Å². The number of aliphatic carboxylic acids is 1. The van der Waals surface area contributed by atoms with E-state index in [-0.39, 0.29) is 5.56 Å². The van der Waals surface area contributed by atoms with E-state index < -0.39 is 23.1 Å². The molecule has 0 radical (unpaired) electrons. The maximum Gasteiger partial charge on any atom is 0.309 e. The first-order chi connectivity index (χ1) is 19.1. The first kappa shape index (κ1) is 29.6. The van der Waals surface area contributed by atoms with Gasteiger partial charge in [-0.15, -0.1) is 10.2 Å². The van der Waals surface area contributed by atoms with Crippen molar-refractivity contribution in [3.63, 3.8) is 0 Å². The highest BCUT2D eigenvalue weighted by molar-refractivity contribution is 7.18. The Kier molecular flexibility index (Phi) is 9.52. The molecule has 2 heterocycles. The number of benzene rings is 2. The molecule has 0 atom stereocenters. The van der Waals surface area contributed by atoms with Crippen LogP contribution in [0.2, 0.25) is 0 Å². The second kappa shape index (κ2) is 12.9. The van der Waals surface area contributed by atoms with Gasteiger partial charge < -0.3 is 9.84 Å². The average molecular weight is 569 g/mol. The number of carboxylic acid groups (broad SMARTS) is 1. The van der Waals surface area contributed by atoms with Crippen LogP contribution in [-0.4, -0.2) is 64.9 Å². The Morgan fingerprint density at radius 3 is 2.45 bits per heavy atom. The Balaban J connectivity index is 1.44. The Bertz CT molecular complexity index is 1330. The zero-order chi connectivity index (χ0) is 28.9. The third-order valence-electron chi connectivity index (χ3n) is 7.57. The highest BCUT2D eigenvalue weighted by atomic mass is 32.1. The van der Waals surface area contributed by atoms with E-state index in [1.807, 2.05) is 39.8 Å². The third kappa shape index (κ3) is 6.67. The number of piperidine rings is 1. The predicted molar refractivity (Wildman–Crippen MR) is 155 cm³/mol. The lowest BCUT2D eigenvalue weighted by molar-refractivity contribution is -0.150. The molecular formula is C30H37FN4O4S. The van der Waals surface area contributed by atoms with Crippen molar-refractivity contribution >= 4 is 28.3 Å². The minimum atomic E-state index is -0.720. The van der Waals surface area contributed by atoms with Gasteiger partial charge in [0, 0.05) is 18.7 Å². The number of unbranched alkanes of at least 4 members (excludes halogenated alkanes) is 1. The maximum absolute atomic E-state index is 14.4. The van der Waals surface area contributed by atoms with Crippen molar-refractivity contribution in [1.82, 2.24) is 15.1 Å². The minimum Gasteiger partial charge on any atom is -0.492 e. The molecule has 0 saturated carbocycles. The zero-order valence-electron chi connectivity index (χ0n) is 23.6. The Hall–Kier alpha value is -3.37. The van der Waals surface area contributed by atoms with E-state index in [1.165, 1.54) is 28.4 Å².